The summed E-state index contributed by atoms with van der Waals surface area (Å²) >= 11 is 0. The molecule has 1 aliphatic heterocycles. The summed E-state index contributed by atoms with van der Waals surface area (Å²) < 4.78 is 11.7. The van der Waals surface area contributed by atoms with Gasteiger partial charge in [-0.3, -0.25) is 0 Å². The lowest BCUT2D eigenvalue weighted by molar-refractivity contribution is 0.137. The van der Waals surface area contributed by atoms with Crippen molar-refractivity contribution < 1.29 is 9.31 Å². The van der Waals surface area contributed by atoms with Gasteiger partial charge in [-0.2, -0.15) is 0 Å². The summed E-state index contributed by atoms with van der Waals surface area (Å²) in [5, 5.41) is 0. The van der Waals surface area contributed by atoms with E-state index in [0.29, 0.717) is 6.61 Å². The number of hydrogen-bond acceptors (Lipinski definition) is 3. The molecular formula is C13H20BNO2. The standard InChI is InChI=1S/C13H20BNO2/c1-13(2)10-16-14(17-13)12-8-6-5-7-11(12)9-15(3)4/h5-8H,9-10H2,1-4H3. The molecule has 1 aliphatic rings. The van der Waals surface area contributed by atoms with E-state index in [2.05, 4.69) is 51.0 Å². The molecule has 1 aromatic rings. The Hall–Kier alpha value is -0.835. The summed E-state index contributed by atoms with van der Waals surface area (Å²) in [6, 6.07) is 8.31. The Morgan fingerprint density at radius 2 is 2.00 bits per heavy atom. The van der Waals surface area contributed by atoms with Crippen molar-refractivity contribution in [1.82, 2.24) is 4.90 Å². The normalized spacial score (nSPS) is 19.0. The first-order valence-corrected chi connectivity index (χ1v) is 6.00. The zero-order valence-electron chi connectivity index (χ0n) is 11.1. The van der Waals surface area contributed by atoms with Crippen molar-refractivity contribution in [3.05, 3.63) is 29.8 Å². The molecule has 0 unspecified atom stereocenters. The molecule has 0 aromatic heterocycles. The van der Waals surface area contributed by atoms with Crippen molar-refractivity contribution in [3.63, 3.8) is 0 Å². The fraction of sp³-hybridized carbons (Fsp3) is 0.538. The maximum atomic E-state index is 5.92. The van der Waals surface area contributed by atoms with Gasteiger partial charge >= 0.3 is 7.12 Å². The van der Waals surface area contributed by atoms with Gasteiger partial charge in [0.1, 0.15) is 0 Å². The van der Waals surface area contributed by atoms with Crippen LogP contribution in [-0.4, -0.2) is 38.3 Å². The molecule has 1 heterocycles. The summed E-state index contributed by atoms with van der Waals surface area (Å²) in [5.74, 6) is 0. The maximum absolute atomic E-state index is 5.92. The lowest BCUT2D eigenvalue weighted by atomic mass is 9.76. The van der Waals surface area contributed by atoms with E-state index in [4.69, 9.17) is 9.31 Å². The highest BCUT2D eigenvalue weighted by Gasteiger charge is 2.39. The number of hydrogen-bond donors (Lipinski definition) is 0. The molecule has 4 heteroatoms. The number of benzene rings is 1. The Kier molecular flexibility index (Phi) is 3.57. The van der Waals surface area contributed by atoms with Gasteiger partial charge in [-0.25, -0.2) is 0 Å². The van der Waals surface area contributed by atoms with E-state index in [0.717, 1.165) is 12.0 Å². The highest BCUT2D eigenvalue weighted by Crippen LogP contribution is 2.20. The van der Waals surface area contributed by atoms with Crippen LogP contribution in [0.15, 0.2) is 24.3 Å². The van der Waals surface area contributed by atoms with E-state index >= 15 is 0 Å². The lowest BCUT2D eigenvalue weighted by Gasteiger charge is -2.18. The van der Waals surface area contributed by atoms with E-state index in [1.807, 2.05) is 6.07 Å². The predicted octanol–water partition coefficient (Wildman–Crippen LogP) is 1.27. The Morgan fingerprint density at radius 1 is 1.29 bits per heavy atom. The topological polar surface area (TPSA) is 21.7 Å². The third kappa shape index (κ3) is 3.09. The fourth-order valence-corrected chi connectivity index (χ4v) is 2.04. The summed E-state index contributed by atoms with van der Waals surface area (Å²) in [6.45, 7) is 5.66. The van der Waals surface area contributed by atoms with E-state index in [9.17, 15) is 0 Å². The first-order chi connectivity index (χ1) is 7.98. The van der Waals surface area contributed by atoms with Crippen LogP contribution in [0.3, 0.4) is 0 Å². The van der Waals surface area contributed by atoms with E-state index < -0.39 is 0 Å². The Balaban J connectivity index is 2.21. The smallest absolute Gasteiger partial charge is 0.404 e. The van der Waals surface area contributed by atoms with Crippen LogP contribution >= 0.6 is 0 Å². The molecule has 0 amide bonds. The van der Waals surface area contributed by atoms with E-state index in [-0.39, 0.29) is 12.7 Å². The zero-order chi connectivity index (χ0) is 12.5. The second-order valence-electron chi connectivity index (χ2n) is 5.46. The molecule has 0 atom stereocenters. The predicted molar refractivity (Wildman–Crippen MR) is 70.3 cm³/mol. The summed E-state index contributed by atoms with van der Waals surface area (Å²) in [7, 11) is 3.91. The largest absolute Gasteiger partial charge is 0.494 e. The van der Waals surface area contributed by atoms with Gasteiger partial charge in [-0.15, -0.1) is 0 Å². The minimum atomic E-state index is -0.221. The maximum Gasteiger partial charge on any atom is 0.494 e. The first kappa shape index (κ1) is 12.6. The average molecular weight is 233 g/mol. The van der Waals surface area contributed by atoms with Gasteiger partial charge in [0.05, 0.1) is 12.2 Å². The number of rotatable bonds is 3. The molecule has 1 saturated heterocycles. The third-order valence-electron chi connectivity index (χ3n) is 2.80. The van der Waals surface area contributed by atoms with Gasteiger partial charge in [0.2, 0.25) is 0 Å². The molecule has 0 N–H and O–H groups in total. The molecule has 0 radical (unpaired) electrons. The van der Waals surface area contributed by atoms with Crippen LogP contribution in [0.1, 0.15) is 19.4 Å². The molecule has 92 valence electrons. The van der Waals surface area contributed by atoms with Crippen molar-refractivity contribution in [2.45, 2.75) is 26.0 Å². The molecule has 0 aliphatic carbocycles. The van der Waals surface area contributed by atoms with Crippen LogP contribution in [0.5, 0.6) is 0 Å². The van der Waals surface area contributed by atoms with Gasteiger partial charge in [-0.05, 0) is 39.0 Å². The van der Waals surface area contributed by atoms with E-state index in [1.165, 1.54) is 5.56 Å². The molecule has 17 heavy (non-hydrogen) atoms. The Labute approximate surface area is 104 Å². The van der Waals surface area contributed by atoms with Crippen LogP contribution in [0.2, 0.25) is 0 Å². The quantitative estimate of drug-likeness (QED) is 0.734. The molecule has 1 fully saturated rings. The van der Waals surface area contributed by atoms with Gasteiger partial charge in [0, 0.05) is 6.54 Å². The van der Waals surface area contributed by atoms with E-state index in [1.54, 1.807) is 0 Å². The lowest BCUT2D eigenvalue weighted by Crippen LogP contribution is -2.37. The Bertz CT molecular complexity index is 393. The second-order valence-corrected chi connectivity index (χ2v) is 5.46. The summed E-state index contributed by atoms with van der Waals surface area (Å²) in [6.07, 6.45) is 0. The highest BCUT2D eigenvalue weighted by molar-refractivity contribution is 6.62. The molecule has 0 bridgehead atoms. The van der Waals surface area contributed by atoms with Crippen molar-refractivity contribution in [2.24, 2.45) is 0 Å². The molecule has 1 aromatic carbocycles. The SMILES string of the molecule is CN(C)Cc1ccccc1B1OCC(C)(C)O1. The Morgan fingerprint density at radius 3 is 2.59 bits per heavy atom. The molecule has 3 nitrogen and oxygen atoms in total. The van der Waals surface area contributed by atoms with Gasteiger partial charge in [0.25, 0.3) is 0 Å². The van der Waals surface area contributed by atoms with Crippen LogP contribution in [0.4, 0.5) is 0 Å². The van der Waals surface area contributed by atoms with Gasteiger partial charge < -0.3 is 14.2 Å². The van der Waals surface area contributed by atoms with Crippen molar-refractivity contribution in [2.75, 3.05) is 20.7 Å². The monoisotopic (exact) mass is 233 g/mol. The van der Waals surface area contributed by atoms with Gasteiger partial charge in [0.15, 0.2) is 0 Å². The van der Waals surface area contributed by atoms with Crippen LogP contribution in [0.25, 0.3) is 0 Å². The summed E-state index contributed by atoms with van der Waals surface area (Å²) in [4.78, 5) is 2.15. The van der Waals surface area contributed by atoms with Crippen LogP contribution in [-0.2, 0) is 15.9 Å². The number of nitrogens with zero attached hydrogens (tertiary/aromatic N) is 1. The van der Waals surface area contributed by atoms with Crippen LogP contribution < -0.4 is 5.46 Å². The third-order valence-corrected chi connectivity index (χ3v) is 2.80. The second kappa shape index (κ2) is 4.80. The molecule has 2 rings (SSSR count). The average Bonchev–Trinajstić information content (AvgIpc) is 2.59. The summed E-state index contributed by atoms with van der Waals surface area (Å²) in [5.41, 5.74) is 2.22. The fourth-order valence-electron chi connectivity index (χ4n) is 2.04. The van der Waals surface area contributed by atoms with Crippen molar-refractivity contribution >= 4 is 12.6 Å². The molecular weight excluding hydrogens is 213 g/mol. The van der Waals surface area contributed by atoms with Gasteiger partial charge in [-0.1, -0.05) is 24.3 Å². The first-order valence-electron chi connectivity index (χ1n) is 6.00. The minimum Gasteiger partial charge on any atom is -0.404 e. The van der Waals surface area contributed by atoms with Crippen molar-refractivity contribution in [3.8, 4) is 0 Å². The van der Waals surface area contributed by atoms with Crippen LogP contribution in [0, 0.1) is 0 Å². The highest BCUT2D eigenvalue weighted by atomic mass is 16.7. The molecule has 0 saturated carbocycles. The van der Waals surface area contributed by atoms with Crippen molar-refractivity contribution in [1.29, 1.82) is 0 Å². The zero-order valence-corrected chi connectivity index (χ0v) is 11.1. The minimum absolute atomic E-state index is 0.185. The molecule has 0 spiro atoms.